The number of anilines is 1. The summed E-state index contributed by atoms with van der Waals surface area (Å²) in [7, 11) is 0. The van der Waals surface area contributed by atoms with Gasteiger partial charge in [-0.1, -0.05) is 12.1 Å². The first kappa shape index (κ1) is 17.7. The summed E-state index contributed by atoms with van der Waals surface area (Å²) in [6.07, 6.45) is 5.63. The second-order valence-corrected chi connectivity index (χ2v) is 7.81. The van der Waals surface area contributed by atoms with Gasteiger partial charge in [0.05, 0.1) is 11.7 Å². The number of rotatable bonds is 5. The number of hydrogen-bond donors (Lipinski definition) is 1. The lowest BCUT2D eigenvalue weighted by molar-refractivity contribution is -0.117. The maximum Gasteiger partial charge on any atom is 0.227 e. The Bertz CT molecular complexity index is 744. The number of carbonyl (C=O) groups excluding carboxylic acids is 1. The second-order valence-electron chi connectivity index (χ2n) is 7.81. The van der Waals surface area contributed by atoms with Crippen LogP contribution in [0.4, 0.5) is 5.69 Å². The van der Waals surface area contributed by atoms with Crippen molar-refractivity contribution in [2.45, 2.75) is 58.7 Å². The topological polar surface area (TPSA) is 50.2 Å². The van der Waals surface area contributed by atoms with Crippen molar-refractivity contribution in [1.29, 1.82) is 0 Å². The summed E-state index contributed by atoms with van der Waals surface area (Å²) in [6.45, 7) is 10.2. The molecule has 134 valence electrons. The first-order chi connectivity index (χ1) is 11.8. The number of nitrogens with zero attached hydrogens (tertiary/aromatic N) is 3. The SMILES string of the molecule is CC(NCc1cnn(C(C)(C)C)c1)c1cccc(N2CCCC2=O)c1. The summed E-state index contributed by atoms with van der Waals surface area (Å²) in [5.41, 5.74) is 3.38. The number of nitrogens with one attached hydrogen (secondary N) is 1. The summed E-state index contributed by atoms with van der Waals surface area (Å²) in [5.74, 6) is 0.229. The molecule has 3 rings (SSSR count). The zero-order valence-electron chi connectivity index (χ0n) is 15.6. The number of amides is 1. The van der Waals surface area contributed by atoms with Crippen molar-refractivity contribution in [2.24, 2.45) is 0 Å². The molecule has 1 unspecified atom stereocenters. The van der Waals surface area contributed by atoms with Crippen LogP contribution in [0.25, 0.3) is 0 Å². The van der Waals surface area contributed by atoms with Crippen molar-refractivity contribution in [3.8, 4) is 0 Å². The molecule has 1 aromatic heterocycles. The molecule has 0 saturated carbocycles. The highest BCUT2D eigenvalue weighted by Crippen LogP contribution is 2.25. The molecule has 1 aliphatic heterocycles. The van der Waals surface area contributed by atoms with E-state index in [9.17, 15) is 4.79 Å². The largest absolute Gasteiger partial charge is 0.312 e. The van der Waals surface area contributed by atoms with E-state index < -0.39 is 0 Å². The van der Waals surface area contributed by atoms with E-state index in [4.69, 9.17) is 0 Å². The normalized spacial score (nSPS) is 16.5. The molecule has 2 heterocycles. The van der Waals surface area contributed by atoms with Gasteiger partial charge in [0.1, 0.15) is 0 Å². The van der Waals surface area contributed by atoms with Gasteiger partial charge in [-0.25, -0.2) is 0 Å². The lowest BCUT2D eigenvalue weighted by Crippen LogP contribution is -2.24. The Balaban J connectivity index is 1.64. The van der Waals surface area contributed by atoms with E-state index in [1.54, 1.807) is 0 Å². The van der Waals surface area contributed by atoms with Crippen LogP contribution in [0, 0.1) is 0 Å². The molecule has 1 amide bonds. The van der Waals surface area contributed by atoms with Crippen molar-refractivity contribution >= 4 is 11.6 Å². The van der Waals surface area contributed by atoms with Crippen LogP contribution in [0.15, 0.2) is 36.7 Å². The minimum Gasteiger partial charge on any atom is -0.312 e. The summed E-state index contributed by atoms with van der Waals surface area (Å²) in [6, 6.07) is 8.49. The van der Waals surface area contributed by atoms with Gasteiger partial charge in [-0.2, -0.15) is 5.10 Å². The van der Waals surface area contributed by atoms with E-state index in [0.717, 1.165) is 25.2 Å². The average molecular weight is 340 g/mol. The third-order valence-corrected chi connectivity index (χ3v) is 4.69. The van der Waals surface area contributed by atoms with Gasteiger partial charge in [0.25, 0.3) is 0 Å². The average Bonchev–Trinajstić information content (AvgIpc) is 3.21. The van der Waals surface area contributed by atoms with Gasteiger partial charge in [-0.05, 0) is 51.8 Å². The highest BCUT2D eigenvalue weighted by atomic mass is 16.2. The molecule has 25 heavy (non-hydrogen) atoms. The first-order valence-corrected chi connectivity index (χ1v) is 9.02. The Hall–Kier alpha value is -2.14. The summed E-state index contributed by atoms with van der Waals surface area (Å²) >= 11 is 0. The number of carbonyl (C=O) groups is 1. The predicted molar refractivity (Wildman–Crippen MR) is 101 cm³/mol. The van der Waals surface area contributed by atoms with E-state index >= 15 is 0 Å². The van der Waals surface area contributed by atoms with Gasteiger partial charge in [0.15, 0.2) is 0 Å². The Morgan fingerprint density at radius 1 is 1.32 bits per heavy atom. The molecule has 0 bridgehead atoms. The quantitative estimate of drug-likeness (QED) is 0.904. The Kier molecular flexibility index (Phi) is 4.95. The molecule has 1 atom stereocenters. The molecule has 1 saturated heterocycles. The van der Waals surface area contributed by atoms with E-state index in [-0.39, 0.29) is 17.5 Å². The zero-order chi connectivity index (χ0) is 18.0. The van der Waals surface area contributed by atoms with Crippen molar-refractivity contribution in [2.75, 3.05) is 11.4 Å². The fourth-order valence-electron chi connectivity index (χ4n) is 3.09. The summed E-state index contributed by atoms with van der Waals surface area (Å²) in [4.78, 5) is 13.8. The first-order valence-electron chi connectivity index (χ1n) is 9.02. The van der Waals surface area contributed by atoms with Gasteiger partial charge >= 0.3 is 0 Å². The lowest BCUT2D eigenvalue weighted by atomic mass is 10.1. The Morgan fingerprint density at radius 2 is 2.12 bits per heavy atom. The molecule has 5 heteroatoms. The van der Waals surface area contributed by atoms with Crippen LogP contribution in [0.3, 0.4) is 0 Å². The molecule has 5 nitrogen and oxygen atoms in total. The molecule has 1 aliphatic rings. The summed E-state index contributed by atoms with van der Waals surface area (Å²) in [5, 5.41) is 8.00. The third-order valence-electron chi connectivity index (χ3n) is 4.69. The standard InChI is InChI=1S/C20H28N4O/c1-15(21-12-16-13-22-24(14-16)20(2,3)4)17-7-5-8-18(11-17)23-10-6-9-19(23)25/h5,7-8,11,13-15,21H,6,9-10,12H2,1-4H3. The fourth-order valence-corrected chi connectivity index (χ4v) is 3.09. The smallest absolute Gasteiger partial charge is 0.227 e. The monoisotopic (exact) mass is 340 g/mol. The predicted octanol–water partition coefficient (Wildman–Crippen LogP) is 3.62. The van der Waals surface area contributed by atoms with Gasteiger partial charge in [-0.15, -0.1) is 0 Å². The highest BCUT2D eigenvalue weighted by Gasteiger charge is 2.22. The maximum absolute atomic E-state index is 12.0. The Morgan fingerprint density at radius 3 is 2.76 bits per heavy atom. The summed E-state index contributed by atoms with van der Waals surface area (Å²) < 4.78 is 1.99. The molecule has 1 fully saturated rings. The number of hydrogen-bond acceptors (Lipinski definition) is 3. The van der Waals surface area contributed by atoms with E-state index in [0.29, 0.717) is 6.42 Å². The highest BCUT2D eigenvalue weighted by molar-refractivity contribution is 5.95. The molecule has 1 aromatic carbocycles. The van der Waals surface area contributed by atoms with Gasteiger partial charge < -0.3 is 10.2 Å². The van der Waals surface area contributed by atoms with Crippen LogP contribution in [0.5, 0.6) is 0 Å². The van der Waals surface area contributed by atoms with Crippen molar-refractivity contribution < 1.29 is 4.79 Å². The van der Waals surface area contributed by atoms with Crippen LogP contribution in [0.2, 0.25) is 0 Å². The molecule has 0 aliphatic carbocycles. The lowest BCUT2D eigenvalue weighted by Gasteiger charge is -2.20. The maximum atomic E-state index is 12.0. The van der Waals surface area contributed by atoms with Crippen LogP contribution in [-0.2, 0) is 16.9 Å². The van der Waals surface area contributed by atoms with Crippen molar-refractivity contribution in [3.05, 3.63) is 47.8 Å². The third kappa shape index (κ3) is 4.10. The number of aromatic nitrogens is 2. The molecular weight excluding hydrogens is 312 g/mol. The van der Waals surface area contributed by atoms with Gasteiger partial charge in [0, 0.05) is 43.0 Å². The van der Waals surface area contributed by atoms with Crippen LogP contribution >= 0.6 is 0 Å². The zero-order valence-corrected chi connectivity index (χ0v) is 15.6. The van der Waals surface area contributed by atoms with Gasteiger partial charge in [-0.3, -0.25) is 9.48 Å². The van der Waals surface area contributed by atoms with Crippen molar-refractivity contribution in [1.82, 2.24) is 15.1 Å². The second kappa shape index (κ2) is 7.00. The molecule has 1 N–H and O–H groups in total. The van der Waals surface area contributed by atoms with Crippen molar-refractivity contribution in [3.63, 3.8) is 0 Å². The molecular formula is C20H28N4O. The number of benzene rings is 1. The fraction of sp³-hybridized carbons (Fsp3) is 0.500. The minimum atomic E-state index is 0.000460. The molecule has 2 aromatic rings. The molecule has 0 spiro atoms. The minimum absolute atomic E-state index is 0.000460. The van der Waals surface area contributed by atoms with Gasteiger partial charge in [0.2, 0.25) is 5.91 Å². The molecule has 0 radical (unpaired) electrons. The van der Waals surface area contributed by atoms with E-state index in [1.165, 1.54) is 11.1 Å². The van der Waals surface area contributed by atoms with E-state index in [2.05, 4.69) is 56.4 Å². The van der Waals surface area contributed by atoms with Crippen LogP contribution in [0.1, 0.15) is 57.7 Å². The van der Waals surface area contributed by atoms with E-state index in [1.807, 2.05) is 27.9 Å². The van der Waals surface area contributed by atoms with Crippen LogP contribution < -0.4 is 10.2 Å². The Labute approximate surface area is 150 Å². The van der Waals surface area contributed by atoms with Crippen LogP contribution in [-0.4, -0.2) is 22.2 Å².